The van der Waals surface area contributed by atoms with Gasteiger partial charge in [-0.05, 0) is 35.3 Å². The van der Waals surface area contributed by atoms with E-state index < -0.39 is 5.91 Å². The van der Waals surface area contributed by atoms with Crippen molar-refractivity contribution in [3.8, 4) is 0 Å². The van der Waals surface area contributed by atoms with E-state index in [0.29, 0.717) is 17.4 Å². The number of fused-ring (bicyclic) bond motifs is 1. The summed E-state index contributed by atoms with van der Waals surface area (Å²) in [5.41, 5.74) is 10.2. The van der Waals surface area contributed by atoms with Crippen LogP contribution in [0.15, 0.2) is 29.5 Å². The molecule has 6 nitrogen and oxygen atoms in total. The molecule has 0 radical (unpaired) electrons. The van der Waals surface area contributed by atoms with Crippen LogP contribution in [0.3, 0.4) is 0 Å². The second kappa shape index (κ2) is 4.73. The highest BCUT2D eigenvalue weighted by atomic mass is 16.1. The lowest BCUT2D eigenvalue weighted by Crippen LogP contribution is -1.96. The summed E-state index contributed by atoms with van der Waals surface area (Å²) in [4.78, 5) is 28.0. The average Bonchev–Trinajstić information content (AvgIpc) is 2.71. The van der Waals surface area contributed by atoms with Crippen LogP contribution in [-0.4, -0.2) is 16.7 Å². The third-order valence-corrected chi connectivity index (χ3v) is 2.57. The molecule has 1 aromatic carbocycles. The molecule has 90 valence electrons. The molecule has 0 saturated carbocycles. The van der Waals surface area contributed by atoms with E-state index in [1.165, 1.54) is 13.1 Å². The standard InChI is InChI=1S/C12H10N4O2/c1-7(17)4-8-2-3-11-9(5-8)10(6-14-11)12(18)15-16-13/h2-3,5-6,14H,4H2,1H3. The van der Waals surface area contributed by atoms with Crippen molar-refractivity contribution in [2.45, 2.75) is 13.3 Å². The van der Waals surface area contributed by atoms with Crippen molar-refractivity contribution < 1.29 is 9.59 Å². The highest BCUT2D eigenvalue weighted by Gasteiger charge is 2.11. The summed E-state index contributed by atoms with van der Waals surface area (Å²) >= 11 is 0. The number of azide groups is 1. The van der Waals surface area contributed by atoms with Gasteiger partial charge < -0.3 is 4.98 Å². The third kappa shape index (κ3) is 2.23. The number of H-pyrrole nitrogens is 1. The van der Waals surface area contributed by atoms with Crippen LogP contribution in [0, 0.1) is 0 Å². The fourth-order valence-corrected chi connectivity index (χ4v) is 1.84. The lowest BCUT2D eigenvalue weighted by Gasteiger charge is -1.99. The Morgan fingerprint density at radius 3 is 2.89 bits per heavy atom. The Morgan fingerprint density at radius 1 is 1.44 bits per heavy atom. The van der Waals surface area contributed by atoms with Gasteiger partial charge in [0.25, 0.3) is 5.91 Å². The normalized spacial score (nSPS) is 10.1. The first-order valence-corrected chi connectivity index (χ1v) is 5.30. The lowest BCUT2D eigenvalue weighted by atomic mass is 10.1. The topological polar surface area (TPSA) is 98.7 Å². The van der Waals surface area contributed by atoms with Crippen molar-refractivity contribution in [1.29, 1.82) is 0 Å². The number of aromatic amines is 1. The maximum absolute atomic E-state index is 11.5. The first kappa shape index (κ1) is 11.9. The Kier molecular flexibility index (Phi) is 3.12. The van der Waals surface area contributed by atoms with Crippen LogP contribution >= 0.6 is 0 Å². The van der Waals surface area contributed by atoms with E-state index in [4.69, 9.17) is 5.53 Å². The van der Waals surface area contributed by atoms with Gasteiger partial charge in [0.15, 0.2) is 0 Å². The number of hydrogen-bond donors (Lipinski definition) is 1. The average molecular weight is 242 g/mol. The van der Waals surface area contributed by atoms with E-state index in [-0.39, 0.29) is 5.78 Å². The van der Waals surface area contributed by atoms with Crippen molar-refractivity contribution in [2.24, 2.45) is 5.11 Å². The fourth-order valence-electron chi connectivity index (χ4n) is 1.84. The molecule has 0 spiro atoms. The number of Topliss-reactive ketones (excluding diaryl/α,β-unsaturated/α-hetero) is 1. The number of amides is 1. The molecule has 0 aliphatic heterocycles. The van der Waals surface area contributed by atoms with Crippen molar-refractivity contribution in [2.75, 3.05) is 0 Å². The Hall–Kier alpha value is -2.59. The second-order valence-corrected chi connectivity index (χ2v) is 3.96. The Balaban J connectivity index is 2.52. The van der Waals surface area contributed by atoms with Crippen molar-refractivity contribution in [3.63, 3.8) is 0 Å². The molecule has 1 aromatic heterocycles. The van der Waals surface area contributed by atoms with Crippen LogP contribution in [0.5, 0.6) is 0 Å². The first-order chi connectivity index (χ1) is 8.61. The number of benzene rings is 1. The zero-order valence-electron chi connectivity index (χ0n) is 9.67. The first-order valence-electron chi connectivity index (χ1n) is 5.30. The highest BCUT2D eigenvalue weighted by Crippen LogP contribution is 2.21. The van der Waals surface area contributed by atoms with E-state index in [0.717, 1.165) is 11.1 Å². The summed E-state index contributed by atoms with van der Waals surface area (Å²) in [5.74, 6) is -0.587. The molecule has 0 fully saturated rings. The van der Waals surface area contributed by atoms with Crippen LogP contribution in [0.2, 0.25) is 0 Å². The van der Waals surface area contributed by atoms with E-state index in [1.807, 2.05) is 6.07 Å². The number of ketones is 1. The number of nitrogens with one attached hydrogen (secondary N) is 1. The number of nitrogens with zero attached hydrogens (tertiary/aromatic N) is 3. The third-order valence-electron chi connectivity index (χ3n) is 2.57. The summed E-state index contributed by atoms with van der Waals surface area (Å²) in [7, 11) is 0. The molecule has 0 bridgehead atoms. The van der Waals surface area contributed by atoms with Gasteiger partial charge in [0.2, 0.25) is 0 Å². The van der Waals surface area contributed by atoms with E-state index in [1.54, 1.807) is 12.1 Å². The van der Waals surface area contributed by atoms with Gasteiger partial charge in [0, 0.05) is 34.0 Å². The zero-order chi connectivity index (χ0) is 13.1. The molecule has 0 unspecified atom stereocenters. The van der Waals surface area contributed by atoms with Crippen LogP contribution < -0.4 is 0 Å². The second-order valence-electron chi connectivity index (χ2n) is 3.96. The molecule has 0 aliphatic rings. The number of hydrogen-bond acceptors (Lipinski definition) is 2. The number of carbonyl (C=O) groups excluding carboxylic acids is 2. The minimum Gasteiger partial charge on any atom is -0.360 e. The van der Waals surface area contributed by atoms with Gasteiger partial charge in [-0.2, -0.15) is 0 Å². The molecule has 2 rings (SSSR count). The SMILES string of the molecule is CC(=O)Cc1ccc2[nH]cc(C(=O)N=[N+]=[N-])c2c1. The van der Waals surface area contributed by atoms with Crippen LogP contribution in [0.1, 0.15) is 22.8 Å². The maximum atomic E-state index is 11.5. The summed E-state index contributed by atoms with van der Waals surface area (Å²) in [5, 5.41) is 3.72. The molecular formula is C12H10N4O2. The van der Waals surface area contributed by atoms with Crippen LogP contribution in [-0.2, 0) is 11.2 Å². The van der Waals surface area contributed by atoms with Crippen molar-refractivity contribution >= 4 is 22.6 Å². The molecule has 0 atom stereocenters. The van der Waals surface area contributed by atoms with Crippen molar-refractivity contribution in [3.05, 3.63) is 46.0 Å². The van der Waals surface area contributed by atoms with Gasteiger partial charge in [-0.25, -0.2) is 0 Å². The van der Waals surface area contributed by atoms with E-state index in [2.05, 4.69) is 15.0 Å². The molecule has 1 amide bonds. The van der Waals surface area contributed by atoms with Crippen LogP contribution in [0.25, 0.3) is 21.3 Å². The van der Waals surface area contributed by atoms with Gasteiger partial charge in [-0.3, -0.25) is 9.59 Å². The molecule has 0 aliphatic carbocycles. The summed E-state index contributed by atoms with van der Waals surface area (Å²) in [6.45, 7) is 1.51. The van der Waals surface area contributed by atoms with Gasteiger partial charge in [-0.15, -0.1) is 0 Å². The number of carbonyl (C=O) groups is 2. The van der Waals surface area contributed by atoms with E-state index >= 15 is 0 Å². The Morgan fingerprint density at radius 2 is 2.22 bits per heavy atom. The van der Waals surface area contributed by atoms with Gasteiger partial charge in [0.05, 0.1) is 0 Å². The minimum absolute atomic E-state index is 0.0489. The lowest BCUT2D eigenvalue weighted by molar-refractivity contribution is -0.116. The minimum atomic E-state index is -0.635. The summed E-state index contributed by atoms with van der Waals surface area (Å²) in [6.07, 6.45) is 1.81. The highest BCUT2D eigenvalue weighted by molar-refractivity contribution is 6.07. The van der Waals surface area contributed by atoms with Gasteiger partial charge >= 0.3 is 0 Å². The largest absolute Gasteiger partial charge is 0.360 e. The Bertz CT molecular complexity index is 680. The van der Waals surface area contributed by atoms with E-state index in [9.17, 15) is 9.59 Å². The maximum Gasteiger partial charge on any atom is 0.251 e. The van der Waals surface area contributed by atoms with Gasteiger partial charge in [-0.1, -0.05) is 6.07 Å². The summed E-state index contributed by atoms with van der Waals surface area (Å²) < 4.78 is 0. The molecule has 1 N–H and O–H groups in total. The van der Waals surface area contributed by atoms with Crippen LogP contribution in [0.4, 0.5) is 0 Å². The quantitative estimate of drug-likeness (QED) is 0.508. The Labute approximate surface area is 102 Å². The molecule has 2 aromatic rings. The zero-order valence-corrected chi connectivity index (χ0v) is 9.67. The number of aromatic nitrogens is 1. The van der Waals surface area contributed by atoms with Gasteiger partial charge in [0.1, 0.15) is 5.78 Å². The smallest absolute Gasteiger partial charge is 0.251 e. The molecule has 0 saturated heterocycles. The predicted octanol–water partition coefficient (Wildman–Crippen LogP) is 2.75. The fraction of sp³-hybridized carbons (Fsp3) is 0.167. The molecule has 18 heavy (non-hydrogen) atoms. The number of rotatable bonds is 3. The molecule has 1 heterocycles. The monoisotopic (exact) mass is 242 g/mol. The molecular weight excluding hydrogens is 232 g/mol. The molecule has 6 heteroatoms. The predicted molar refractivity (Wildman–Crippen MR) is 66.2 cm³/mol. The van der Waals surface area contributed by atoms with Crippen molar-refractivity contribution in [1.82, 2.24) is 4.98 Å². The summed E-state index contributed by atoms with van der Waals surface area (Å²) in [6, 6.07) is 5.37.